The van der Waals surface area contributed by atoms with Crippen molar-refractivity contribution >= 4 is 16.8 Å². The van der Waals surface area contributed by atoms with Crippen LogP contribution in [-0.2, 0) is 11.2 Å². The number of allylic oxidation sites excluding steroid dienone is 2. The average Bonchev–Trinajstić information content (AvgIpc) is 2.65. The highest BCUT2D eigenvalue weighted by Gasteiger charge is 2.01. The number of benzene rings is 1. The molecule has 0 N–H and O–H groups in total. The van der Waals surface area contributed by atoms with Crippen LogP contribution in [-0.4, -0.2) is 17.7 Å². The molecular weight excluding hydrogens is 318 g/mol. The zero-order chi connectivity index (χ0) is 18.6. The molecule has 0 bridgehead atoms. The molecule has 0 saturated carbocycles. The van der Waals surface area contributed by atoms with Gasteiger partial charge in [0.2, 0.25) is 0 Å². The van der Waals surface area contributed by atoms with Crippen molar-refractivity contribution in [2.75, 3.05) is 6.61 Å². The first kappa shape index (κ1) is 20.4. The van der Waals surface area contributed by atoms with Gasteiger partial charge in [0.15, 0.2) is 0 Å². The second-order valence-corrected chi connectivity index (χ2v) is 7.01. The fourth-order valence-corrected chi connectivity index (χ4v) is 3.04. The summed E-state index contributed by atoms with van der Waals surface area (Å²) in [5.74, 6) is 0. The average molecular weight is 352 g/mol. The molecule has 26 heavy (non-hydrogen) atoms. The van der Waals surface area contributed by atoms with Crippen molar-refractivity contribution in [3.63, 3.8) is 0 Å². The normalized spacial score (nSPS) is 12.7. The molecule has 0 saturated heterocycles. The number of unbranched alkanes of at least 4 members (excludes halogenated alkanes) is 3. The Hall–Kier alpha value is -1.93. The van der Waals surface area contributed by atoms with Gasteiger partial charge in [-0.15, -0.1) is 6.58 Å². The number of rotatable bonds is 12. The molecule has 1 heterocycles. The summed E-state index contributed by atoms with van der Waals surface area (Å²) in [4.78, 5) is 4.56. The molecule has 0 aliphatic rings. The van der Waals surface area contributed by atoms with Gasteiger partial charge in [0.1, 0.15) is 0 Å². The minimum Gasteiger partial charge on any atom is -0.379 e. The van der Waals surface area contributed by atoms with Gasteiger partial charge in [-0.25, -0.2) is 0 Å². The van der Waals surface area contributed by atoms with Crippen molar-refractivity contribution in [2.45, 2.75) is 64.9 Å². The van der Waals surface area contributed by atoms with Crippen LogP contribution < -0.4 is 0 Å². The van der Waals surface area contributed by atoms with E-state index < -0.39 is 0 Å². The SMILES string of the molecule is C=CCc1ccc2cc(C=CCCCC(C)OCCCCC)ncc2c1. The molecule has 2 heteroatoms. The number of nitrogens with zero attached hydrogens (tertiary/aromatic N) is 1. The van der Waals surface area contributed by atoms with Crippen LogP contribution in [0.2, 0.25) is 0 Å². The van der Waals surface area contributed by atoms with Crippen molar-refractivity contribution in [3.8, 4) is 0 Å². The molecule has 1 atom stereocenters. The second kappa shape index (κ2) is 11.6. The highest BCUT2D eigenvalue weighted by atomic mass is 16.5. The van der Waals surface area contributed by atoms with Gasteiger partial charge in [-0.2, -0.15) is 0 Å². The van der Waals surface area contributed by atoms with Crippen LogP contribution >= 0.6 is 0 Å². The van der Waals surface area contributed by atoms with Crippen LogP contribution in [0.3, 0.4) is 0 Å². The Morgan fingerprint density at radius 1 is 1.15 bits per heavy atom. The van der Waals surface area contributed by atoms with Gasteiger partial charge in [-0.1, -0.05) is 44.1 Å². The molecule has 140 valence electrons. The smallest absolute Gasteiger partial charge is 0.0632 e. The third kappa shape index (κ3) is 7.13. The van der Waals surface area contributed by atoms with Gasteiger partial charge >= 0.3 is 0 Å². The molecule has 2 nitrogen and oxygen atoms in total. The number of hydrogen-bond acceptors (Lipinski definition) is 2. The topological polar surface area (TPSA) is 22.1 Å². The third-order valence-corrected chi connectivity index (χ3v) is 4.61. The Bertz CT molecular complexity index is 704. The van der Waals surface area contributed by atoms with E-state index in [1.807, 2.05) is 12.3 Å². The van der Waals surface area contributed by atoms with Crippen molar-refractivity contribution in [1.82, 2.24) is 4.98 Å². The summed E-state index contributed by atoms with van der Waals surface area (Å²) < 4.78 is 5.84. The van der Waals surface area contributed by atoms with Crippen LogP contribution in [0.25, 0.3) is 16.8 Å². The highest BCUT2D eigenvalue weighted by Crippen LogP contribution is 2.18. The summed E-state index contributed by atoms with van der Waals surface area (Å²) in [6.07, 6.45) is 16.6. The van der Waals surface area contributed by atoms with Crippen LogP contribution in [0, 0.1) is 0 Å². The van der Waals surface area contributed by atoms with E-state index in [1.54, 1.807) is 0 Å². The van der Waals surface area contributed by atoms with E-state index in [0.29, 0.717) is 6.10 Å². The van der Waals surface area contributed by atoms with Crippen LogP contribution in [0.1, 0.15) is 63.6 Å². The quantitative estimate of drug-likeness (QED) is 0.312. The first-order chi connectivity index (χ1) is 12.7. The molecule has 1 aromatic carbocycles. The Morgan fingerprint density at radius 3 is 2.85 bits per heavy atom. The molecule has 1 unspecified atom stereocenters. The Balaban J connectivity index is 1.75. The van der Waals surface area contributed by atoms with E-state index >= 15 is 0 Å². The van der Waals surface area contributed by atoms with E-state index in [9.17, 15) is 0 Å². The van der Waals surface area contributed by atoms with Crippen LogP contribution in [0.15, 0.2) is 49.2 Å². The maximum atomic E-state index is 5.84. The van der Waals surface area contributed by atoms with Gasteiger partial charge in [0.05, 0.1) is 11.8 Å². The zero-order valence-corrected chi connectivity index (χ0v) is 16.4. The molecule has 0 aliphatic heterocycles. The lowest BCUT2D eigenvalue weighted by Gasteiger charge is -2.11. The minimum absolute atomic E-state index is 0.365. The Morgan fingerprint density at radius 2 is 2.04 bits per heavy atom. The van der Waals surface area contributed by atoms with Crippen LogP contribution in [0.5, 0.6) is 0 Å². The largest absolute Gasteiger partial charge is 0.379 e. The van der Waals surface area contributed by atoms with Gasteiger partial charge in [-0.3, -0.25) is 4.98 Å². The predicted molar refractivity (Wildman–Crippen MR) is 113 cm³/mol. The molecule has 2 aromatic rings. The molecular formula is C24H33NO. The minimum atomic E-state index is 0.365. The maximum Gasteiger partial charge on any atom is 0.0632 e. The lowest BCUT2D eigenvalue weighted by atomic mass is 10.1. The van der Waals surface area contributed by atoms with Gasteiger partial charge in [0, 0.05) is 18.2 Å². The lowest BCUT2D eigenvalue weighted by Crippen LogP contribution is -2.08. The Labute approximate surface area is 159 Å². The summed E-state index contributed by atoms with van der Waals surface area (Å²) in [5.41, 5.74) is 2.31. The first-order valence-corrected chi connectivity index (χ1v) is 10.0. The molecule has 0 amide bonds. The molecule has 0 aliphatic carbocycles. The fourth-order valence-electron chi connectivity index (χ4n) is 3.04. The maximum absolute atomic E-state index is 5.84. The molecule has 1 aromatic heterocycles. The van der Waals surface area contributed by atoms with Crippen molar-refractivity contribution in [3.05, 3.63) is 60.5 Å². The number of fused-ring (bicyclic) bond motifs is 1. The number of aromatic nitrogens is 1. The highest BCUT2D eigenvalue weighted by molar-refractivity contribution is 5.83. The summed E-state index contributed by atoms with van der Waals surface area (Å²) in [6.45, 7) is 9.11. The van der Waals surface area contributed by atoms with E-state index in [0.717, 1.165) is 38.0 Å². The van der Waals surface area contributed by atoms with E-state index in [-0.39, 0.29) is 0 Å². The third-order valence-electron chi connectivity index (χ3n) is 4.61. The standard InChI is InChI=1S/C24H33NO/c1-4-6-10-16-26-20(3)12-8-7-9-13-24-18-22-15-14-21(11-5-2)17-23(22)19-25-24/h5,9,13-15,17-20H,2,4,6-8,10-12,16H2,1,3H3. The van der Waals surface area contributed by atoms with Gasteiger partial charge < -0.3 is 4.74 Å². The predicted octanol–water partition coefficient (Wildman–Crippen LogP) is 6.74. The van der Waals surface area contributed by atoms with Crippen molar-refractivity contribution < 1.29 is 4.74 Å². The van der Waals surface area contributed by atoms with Gasteiger partial charge in [0.25, 0.3) is 0 Å². The Kier molecular flexibility index (Phi) is 9.13. The molecule has 2 rings (SSSR count). The van der Waals surface area contributed by atoms with Crippen molar-refractivity contribution in [2.24, 2.45) is 0 Å². The summed E-state index contributed by atoms with van der Waals surface area (Å²) >= 11 is 0. The fraction of sp³-hybridized carbons (Fsp3) is 0.458. The monoisotopic (exact) mass is 351 g/mol. The second-order valence-electron chi connectivity index (χ2n) is 7.01. The van der Waals surface area contributed by atoms with E-state index in [4.69, 9.17) is 4.74 Å². The summed E-state index contributed by atoms with van der Waals surface area (Å²) in [6, 6.07) is 8.69. The molecule has 0 spiro atoms. The lowest BCUT2D eigenvalue weighted by molar-refractivity contribution is 0.0566. The molecule has 0 fully saturated rings. The zero-order valence-electron chi connectivity index (χ0n) is 16.4. The number of hydrogen-bond donors (Lipinski definition) is 0. The van der Waals surface area contributed by atoms with E-state index in [2.05, 4.69) is 61.8 Å². The van der Waals surface area contributed by atoms with Crippen LogP contribution in [0.4, 0.5) is 0 Å². The van der Waals surface area contributed by atoms with E-state index in [1.165, 1.54) is 35.6 Å². The number of ether oxygens (including phenoxy) is 1. The molecule has 0 radical (unpaired) electrons. The van der Waals surface area contributed by atoms with Crippen molar-refractivity contribution in [1.29, 1.82) is 0 Å². The summed E-state index contributed by atoms with van der Waals surface area (Å²) in [5, 5.41) is 2.43. The number of pyridine rings is 1. The summed E-state index contributed by atoms with van der Waals surface area (Å²) in [7, 11) is 0. The first-order valence-electron chi connectivity index (χ1n) is 10.0. The van der Waals surface area contributed by atoms with Gasteiger partial charge in [-0.05, 0) is 68.2 Å².